The van der Waals surface area contributed by atoms with Crippen molar-refractivity contribution in [3.8, 4) is 0 Å². The molecule has 0 radical (unpaired) electrons. The van der Waals surface area contributed by atoms with Gasteiger partial charge in [-0.05, 0) is 23.7 Å². The first-order chi connectivity index (χ1) is 10.7. The van der Waals surface area contributed by atoms with Crippen molar-refractivity contribution in [3.05, 3.63) is 41.8 Å². The SMILES string of the molecule is O=C1Nc2cnc(Cl)nc2N2CCN(c3ccccc3)C[C@H]12. The highest BCUT2D eigenvalue weighted by atomic mass is 35.5. The van der Waals surface area contributed by atoms with Crippen LogP contribution in [0.2, 0.25) is 5.28 Å². The van der Waals surface area contributed by atoms with Gasteiger partial charge in [0.2, 0.25) is 11.2 Å². The normalized spacial score (nSPS) is 20.2. The van der Waals surface area contributed by atoms with E-state index in [9.17, 15) is 4.79 Å². The maximum atomic E-state index is 12.4. The van der Waals surface area contributed by atoms with Gasteiger partial charge in [-0.15, -0.1) is 0 Å². The molecule has 0 aliphatic carbocycles. The lowest BCUT2D eigenvalue weighted by atomic mass is 10.1. The van der Waals surface area contributed by atoms with Crippen LogP contribution in [0, 0.1) is 0 Å². The molecule has 1 amide bonds. The van der Waals surface area contributed by atoms with Gasteiger partial charge in [0.05, 0.1) is 6.20 Å². The Morgan fingerprint density at radius 3 is 2.86 bits per heavy atom. The number of para-hydroxylation sites is 1. The van der Waals surface area contributed by atoms with Gasteiger partial charge in [0, 0.05) is 25.3 Å². The zero-order valence-corrected chi connectivity index (χ0v) is 12.5. The molecular formula is C15H14ClN5O. The van der Waals surface area contributed by atoms with Crippen LogP contribution in [-0.2, 0) is 4.79 Å². The molecule has 3 heterocycles. The Morgan fingerprint density at radius 1 is 1.23 bits per heavy atom. The molecule has 112 valence electrons. The van der Waals surface area contributed by atoms with Crippen LogP contribution in [0.3, 0.4) is 0 Å². The average molecular weight is 316 g/mol. The Labute approximate surface area is 132 Å². The number of nitrogens with zero attached hydrogens (tertiary/aromatic N) is 4. The number of benzene rings is 1. The largest absolute Gasteiger partial charge is 0.367 e. The summed E-state index contributed by atoms with van der Waals surface area (Å²) in [4.78, 5) is 24.8. The molecule has 0 saturated carbocycles. The van der Waals surface area contributed by atoms with Gasteiger partial charge in [-0.25, -0.2) is 4.98 Å². The Hall–Kier alpha value is -2.34. The summed E-state index contributed by atoms with van der Waals surface area (Å²) >= 11 is 5.90. The quantitative estimate of drug-likeness (QED) is 0.813. The topological polar surface area (TPSA) is 61.4 Å². The third kappa shape index (κ3) is 2.16. The summed E-state index contributed by atoms with van der Waals surface area (Å²) in [6, 6.07) is 9.85. The molecular weight excluding hydrogens is 302 g/mol. The van der Waals surface area contributed by atoms with Crippen molar-refractivity contribution in [2.45, 2.75) is 6.04 Å². The maximum Gasteiger partial charge on any atom is 0.249 e. The molecule has 2 aliphatic heterocycles. The van der Waals surface area contributed by atoms with Gasteiger partial charge in [0.15, 0.2) is 5.82 Å². The van der Waals surface area contributed by atoms with Gasteiger partial charge in [-0.3, -0.25) is 4.79 Å². The second-order valence-corrected chi connectivity index (χ2v) is 5.69. The third-order valence-electron chi connectivity index (χ3n) is 4.07. The molecule has 1 saturated heterocycles. The van der Waals surface area contributed by atoms with Crippen molar-refractivity contribution >= 4 is 34.7 Å². The first-order valence-electron chi connectivity index (χ1n) is 7.12. The maximum absolute atomic E-state index is 12.4. The van der Waals surface area contributed by atoms with E-state index >= 15 is 0 Å². The molecule has 7 heteroatoms. The number of hydrogen-bond acceptors (Lipinski definition) is 5. The summed E-state index contributed by atoms with van der Waals surface area (Å²) in [5.74, 6) is 0.677. The Balaban J connectivity index is 1.65. The van der Waals surface area contributed by atoms with Gasteiger partial charge in [-0.2, -0.15) is 4.98 Å². The summed E-state index contributed by atoms with van der Waals surface area (Å²) in [5, 5.41) is 3.06. The van der Waals surface area contributed by atoms with E-state index in [1.54, 1.807) is 6.20 Å². The van der Waals surface area contributed by atoms with Crippen molar-refractivity contribution in [2.24, 2.45) is 0 Å². The predicted octanol–water partition coefficient (Wildman–Crippen LogP) is 1.78. The molecule has 1 atom stereocenters. The first kappa shape index (κ1) is 13.3. The second kappa shape index (κ2) is 5.14. The van der Waals surface area contributed by atoms with Gasteiger partial charge >= 0.3 is 0 Å². The number of halogens is 1. The molecule has 1 aromatic heterocycles. The second-order valence-electron chi connectivity index (χ2n) is 5.36. The number of anilines is 3. The number of nitrogens with one attached hydrogen (secondary N) is 1. The van der Waals surface area contributed by atoms with Crippen LogP contribution < -0.4 is 15.1 Å². The number of carbonyl (C=O) groups excluding carboxylic acids is 1. The third-order valence-corrected chi connectivity index (χ3v) is 4.26. The zero-order valence-electron chi connectivity index (χ0n) is 11.7. The Kier molecular flexibility index (Phi) is 3.11. The van der Waals surface area contributed by atoms with E-state index in [0.29, 0.717) is 24.6 Å². The number of piperazine rings is 1. The number of aromatic nitrogens is 2. The highest BCUT2D eigenvalue weighted by Crippen LogP contribution is 2.32. The summed E-state index contributed by atoms with van der Waals surface area (Å²) in [6.45, 7) is 2.17. The monoisotopic (exact) mass is 315 g/mol. The average Bonchev–Trinajstić information content (AvgIpc) is 2.56. The van der Waals surface area contributed by atoms with Crippen LogP contribution in [0.5, 0.6) is 0 Å². The summed E-state index contributed by atoms with van der Waals surface area (Å²) in [7, 11) is 0. The molecule has 4 rings (SSSR count). The van der Waals surface area contributed by atoms with Crippen LogP contribution in [0.4, 0.5) is 17.2 Å². The van der Waals surface area contributed by atoms with Crippen molar-refractivity contribution in [3.63, 3.8) is 0 Å². The van der Waals surface area contributed by atoms with Gasteiger partial charge in [0.1, 0.15) is 11.7 Å². The number of carbonyl (C=O) groups is 1. The Bertz CT molecular complexity index is 723. The molecule has 2 aromatic rings. The fourth-order valence-corrected chi connectivity index (χ4v) is 3.14. The van der Waals surface area contributed by atoms with E-state index < -0.39 is 0 Å². The van der Waals surface area contributed by atoms with Crippen LogP contribution in [0.1, 0.15) is 0 Å². The van der Waals surface area contributed by atoms with Gasteiger partial charge < -0.3 is 15.1 Å². The van der Waals surface area contributed by atoms with E-state index in [1.165, 1.54) is 0 Å². The van der Waals surface area contributed by atoms with Crippen LogP contribution in [0.15, 0.2) is 36.5 Å². The number of rotatable bonds is 1. The van der Waals surface area contributed by atoms with E-state index in [2.05, 4.69) is 32.3 Å². The lowest BCUT2D eigenvalue weighted by molar-refractivity contribution is -0.117. The number of fused-ring (bicyclic) bond motifs is 3. The van der Waals surface area contributed by atoms with Crippen LogP contribution in [0.25, 0.3) is 0 Å². The van der Waals surface area contributed by atoms with Crippen molar-refractivity contribution in [2.75, 3.05) is 34.8 Å². The van der Waals surface area contributed by atoms with E-state index in [1.807, 2.05) is 23.1 Å². The molecule has 1 fully saturated rings. The Morgan fingerprint density at radius 2 is 2.05 bits per heavy atom. The molecule has 6 nitrogen and oxygen atoms in total. The lowest BCUT2D eigenvalue weighted by Crippen LogP contribution is -2.60. The lowest BCUT2D eigenvalue weighted by Gasteiger charge is -2.44. The van der Waals surface area contributed by atoms with Gasteiger partial charge in [-0.1, -0.05) is 18.2 Å². The molecule has 22 heavy (non-hydrogen) atoms. The highest BCUT2D eigenvalue weighted by Gasteiger charge is 2.38. The predicted molar refractivity (Wildman–Crippen MR) is 85.5 cm³/mol. The highest BCUT2D eigenvalue weighted by molar-refractivity contribution is 6.28. The summed E-state index contributed by atoms with van der Waals surface area (Å²) < 4.78 is 0. The van der Waals surface area contributed by atoms with Crippen LogP contribution in [-0.4, -0.2) is 41.6 Å². The minimum absolute atomic E-state index is 0.0287. The first-order valence-corrected chi connectivity index (χ1v) is 7.50. The zero-order chi connectivity index (χ0) is 15.1. The van der Waals surface area contributed by atoms with E-state index in [0.717, 1.165) is 12.2 Å². The molecule has 1 aromatic carbocycles. The molecule has 0 bridgehead atoms. The summed E-state index contributed by atoms with van der Waals surface area (Å²) in [5.41, 5.74) is 1.75. The van der Waals surface area contributed by atoms with Crippen molar-refractivity contribution in [1.82, 2.24) is 9.97 Å². The number of hydrogen-bond donors (Lipinski definition) is 1. The molecule has 0 spiro atoms. The molecule has 0 unspecified atom stereocenters. The summed E-state index contributed by atoms with van der Waals surface area (Å²) in [6.07, 6.45) is 1.56. The van der Waals surface area contributed by atoms with E-state index in [-0.39, 0.29) is 17.2 Å². The fourth-order valence-electron chi connectivity index (χ4n) is 3.01. The molecule has 2 aliphatic rings. The van der Waals surface area contributed by atoms with Crippen molar-refractivity contribution < 1.29 is 4.79 Å². The standard InChI is InChI=1S/C15H14ClN5O/c16-15-17-8-11-13(19-15)21-7-6-20(9-12(21)14(22)18-11)10-4-2-1-3-5-10/h1-5,8,12H,6-7,9H2,(H,18,22)/t12-/m1/s1. The molecule has 1 N–H and O–H groups in total. The minimum atomic E-state index is -0.271. The van der Waals surface area contributed by atoms with E-state index in [4.69, 9.17) is 11.6 Å². The fraction of sp³-hybridized carbons (Fsp3) is 0.267. The smallest absolute Gasteiger partial charge is 0.249 e. The van der Waals surface area contributed by atoms with Gasteiger partial charge in [0.25, 0.3) is 0 Å². The minimum Gasteiger partial charge on any atom is -0.367 e. The van der Waals surface area contributed by atoms with Crippen molar-refractivity contribution in [1.29, 1.82) is 0 Å². The van der Waals surface area contributed by atoms with Crippen LogP contribution >= 0.6 is 11.6 Å². The number of amides is 1.